The van der Waals surface area contributed by atoms with Gasteiger partial charge < -0.3 is 20.9 Å². The van der Waals surface area contributed by atoms with Crippen molar-refractivity contribution in [3.05, 3.63) is 29.8 Å². The third-order valence-corrected chi connectivity index (χ3v) is 7.91. The van der Waals surface area contributed by atoms with Crippen molar-refractivity contribution >= 4 is 17.4 Å². The molecule has 1 heterocycles. The van der Waals surface area contributed by atoms with Gasteiger partial charge in [0.25, 0.3) is 0 Å². The summed E-state index contributed by atoms with van der Waals surface area (Å²) in [5.41, 5.74) is 7.30. The van der Waals surface area contributed by atoms with Crippen LogP contribution in [0.4, 0.5) is 5.69 Å². The number of unbranched alkanes of at least 4 members (excludes halogenated alkanes) is 1. The molecule has 6 heteroatoms. The molecule has 2 rings (SSSR count). The highest BCUT2D eigenvalue weighted by molar-refractivity contribution is 6.05. The number of hydrogen-bond donors (Lipinski definition) is 2. The topological polar surface area (TPSA) is 78.7 Å². The van der Waals surface area contributed by atoms with E-state index >= 15 is 0 Å². The molecule has 0 saturated carbocycles. The Morgan fingerprint density at radius 3 is 2.21 bits per heavy atom. The van der Waals surface area contributed by atoms with Gasteiger partial charge in [-0.15, -0.1) is 0 Å². The smallest absolute Gasteiger partial charge is 0.231 e. The highest BCUT2D eigenvalue weighted by atomic mass is 16.2. The van der Waals surface area contributed by atoms with Gasteiger partial charge in [-0.3, -0.25) is 9.59 Å². The highest BCUT2D eigenvalue weighted by Gasteiger charge is 2.45. The second-order valence-electron chi connectivity index (χ2n) is 11.2. The molecule has 6 nitrogen and oxygen atoms in total. The quantitative estimate of drug-likeness (QED) is 0.196. The van der Waals surface area contributed by atoms with E-state index in [1.807, 2.05) is 7.05 Å². The van der Waals surface area contributed by atoms with E-state index in [0.717, 1.165) is 57.2 Å². The highest BCUT2D eigenvalue weighted by Crippen LogP contribution is 2.34. The molecule has 0 aromatic heterocycles. The van der Waals surface area contributed by atoms with E-state index in [1.165, 1.54) is 37.7 Å². The molecular weight excluding hydrogens is 472 g/mol. The minimum atomic E-state index is -1.00. The Balaban J connectivity index is 0.00000229. The Kier molecular flexibility index (Phi) is 17.2. The zero-order valence-electron chi connectivity index (χ0n) is 25.5. The van der Waals surface area contributed by atoms with Crippen LogP contribution in [0.15, 0.2) is 24.3 Å². The van der Waals surface area contributed by atoms with Crippen molar-refractivity contribution in [3.63, 3.8) is 0 Å². The van der Waals surface area contributed by atoms with Gasteiger partial charge in [0, 0.05) is 31.7 Å². The summed E-state index contributed by atoms with van der Waals surface area (Å²) in [6.45, 7) is 15.8. The minimum Gasteiger partial charge on any atom is -0.370 e. The number of ketones is 1. The number of nitrogens with one attached hydrogen (secondary N) is 1. The van der Waals surface area contributed by atoms with Crippen LogP contribution in [-0.2, 0) is 16.0 Å². The molecule has 0 spiro atoms. The summed E-state index contributed by atoms with van der Waals surface area (Å²) < 4.78 is 0. The number of benzene rings is 1. The van der Waals surface area contributed by atoms with Gasteiger partial charge in [0.1, 0.15) is 11.2 Å². The lowest BCUT2D eigenvalue weighted by atomic mass is 9.73. The number of rotatable bonds is 17. The van der Waals surface area contributed by atoms with Crippen LogP contribution in [0.25, 0.3) is 0 Å². The first-order valence-electron chi connectivity index (χ1n) is 15.3. The molecule has 1 amide bonds. The van der Waals surface area contributed by atoms with E-state index in [-0.39, 0.29) is 5.78 Å². The third kappa shape index (κ3) is 11.4. The first-order valence-corrected chi connectivity index (χ1v) is 15.3. The Morgan fingerprint density at radius 1 is 1.05 bits per heavy atom. The number of Topliss-reactive ketones (excluding diaryl/α,β-unsaturated/α-hetero) is 1. The first-order chi connectivity index (χ1) is 18.3. The summed E-state index contributed by atoms with van der Waals surface area (Å²) in [6.07, 6.45) is 9.96. The minimum absolute atomic E-state index is 0.00790. The standard InChI is InChI=1S/C29H50N4O2.C3H8/c1-5-19-32-21-16-29(17-22-32,28(30)35)27(34)15-20-33(23-18-31-4)26-13-11-25(12-14-26)10-8-7-9-24(3)6-2;1-3-2/h11-14,24,31H,5-10,15-23H2,1-4H3,(H2,30,35);3H2,1-2H3. The van der Waals surface area contributed by atoms with Crippen LogP contribution in [0, 0.1) is 11.3 Å². The van der Waals surface area contributed by atoms with Gasteiger partial charge in [-0.2, -0.15) is 0 Å². The molecule has 1 aromatic carbocycles. The molecule has 38 heavy (non-hydrogen) atoms. The maximum Gasteiger partial charge on any atom is 0.231 e. The van der Waals surface area contributed by atoms with Gasteiger partial charge in [0.2, 0.25) is 5.91 Å². The van der Waals surface area contributed by atoms with Crippen molar-refractivity contribution in [1.29, 1.82) is 0 Å². The molecule has 0 radical (unpaired) electrons. The summed E-state index contributed by atoms with van der Waals surface area (Å²) in [5.74, 6) is 0.380. The molecule has 1 aliphatic heterocycles. The number of nitrogens with two attached hydrogens (primary N) is 1. The molecule has 1 aliphatic rings. The van der Waals surface area contributed by atoms with Gasteiger partial charge >= 0.3 is 0 Å². The lowest BCUT2D eigenvalue weighted by Crippen LogP contribution is -2.52. The number of primary amides is 1. The van der Waals surface area contributed by atoms with Gasteiger partial charge in [-0.1, -0.05) is 72.4 Å². The number of amides is 1. The van der Waals surface area contributed by atoms with Crippen LogP contribution >= 0.6 is 0 Å². The van der Waals surface area contributed by atoms with Gasteiger partial charge in [0.05, 0.1) is 0 Å². The summed E-state index contributed by atoms with van der Waals surface area (Å²) in [7, 11) is 1.94. The first kappa shape index (κ1) is 34.1. The number of carbonyl (C=O) groups is 2. The molecule has 1 aromatic rings. The predicted octanol–water partition coefficient (Wildman–Crippen LogP) is 5.82. The lowest BCUT2D eigenvalue weighted by Gasteiger charge is -2.39. The van der Waals surface area contributed by atoms with Crippen molar-refractivity contribution in [3.8, 4) is 0 Å². The van der Waals surface area contributed by atoms with Crippen LogP contribution < -0.4 is 16.0 Å². The van der Waals surface area contributed by atoms with E-state index in [1.54, 1.807) is 0 Å². The van der Waals surface area contributed by atoms with E-state index in [2.05, 4.69) is 74.0 Å². The molecule has 3 N–H and O–H groups in total. The van der Waals surface area contributed by atoms with Crippen LogP contribution in [0.1, 0.15) is 98.0 Å². The number of nitrogens with zero attached hydrogens (tertiary/aromatic N) is 2. The summed E-state index contributed by atoms with van der Waals surface area (Å²) in [4.78, 5) is 30.4. The van der Waals surface area contributed by atoms with Gasteiger partial charge in [-0.25, -0.2) is 0 Å². The number of hydrogen-bond acceptors (Lipinski definition) is 5. The fourth-order valence-corrected chi connectivity index (χ4v) is 5.13. The predicted molar refractivity (Wildman–Crippen MR) is 163 cm³/mol. The van der Waals surface area contributed by atoms with Gasteiger partial charge in [-0.05, 0) is 82.4 Å². The Labute approximate surface area is 234 Å². The van der Waals surface area contributed by atoms with E-state index in [4.69, 9.17) is 5.73 Å². The number of likely N-dealkylation sites (tertiary alicyclic amines) is 1. The van der Waals surface area contributed by atoms with Crippen LogP contribution in [0.3, 0.4) is 0 Å². The summed E-state index contributed by atoms with van der Waals surface area (Å²) in [6, 6.07) is 8.80. The number of likely N-dealkylation sites (N-methyl/N-ethyl adjacent to an activating group) is 1. The fourth-order valence-electron chi connectivity index (χ4n) is 5.13. The Bertz CT molecular complexity index is 772. The van der Waals surface area contributed by atoms with E-state index in [0.29, 0.717) is 25.8 Å². The van der Waals surface area contributed by atoms with Gasteiger partial charge in [0.15, 0.2) is 0 Å². The van der Waals surface area contributed by atoms with E-state index in [9.17, 15) is 9.59 Å². The number of piperidine rings is 1. The molecule has 1 atom stereocenters. The SMILES string of the molecule is CCC.CCCN1CCC(C(N)=O)(C(=O)CCN(CCNC)c2ccc(CCCCC(C)CC)cc2)CC1. The molecule has 1 saturated heterocycles. The van der Waals surface area contributed by atoms with Crippen molar-refractivity contribution in [2.75, 3.05) is 51.2 Å². The summed E-state index contributed by atoms with van der Waals surface area (Å²) >= 11 is 0. The van der Waals surface area contributed by atoms with Crippen LogP contribution in [-0.4, -0.2) is 62.9 Å². The largest absolute Gasteiger partial charge is 0.370 e. The maximum atomic E-state index is 13.3. The zero-order chi connectivity index (χ0) is 28.4. The van der Waals surface area contributed by atoms with Crippen molar-refractivity contribution in [1.82, 2.24) is 10.2 Å². The van der Waals surface area contributed by atoms with Crippen molar-refractivity contribution < 1.29 is 9.59 Å². The normalized spacial score (nSPS) is 15.8. The van der Waals surface area contributed by atoms with Crippen molar-refractivity contribution in [2.24, 2.45) is 17.1 Å². The Morgan fingerprint density at radius 2 is 1.68 bits per heavy atom. The zero-order valence-corrected chi connectivity index (χ0v) is 25.5. The summed E-state index contributed by atoms with van der Waals surface area (Å²) in [5, 5.41) is 3.21. The van der Waals surface area contributed by atoms with Crippen LogP contribution in [0.2, 0.25) is 0 Å². The van der Waals surface area contributed by atoms with Crippen molar-refractivity contribution in [2.45, 2.75) is 98.8 Å². The average molecular weight is 531 g/mol. The number of anilines is 1. The second kappa shape index (κ2) is 19.2. The second-order valence-corrected chi connectivity index (χ2v) is 11.2. The molecule has 0 aliphatic carbocycles. The number of aryl methyl sites for hydroxylation is 1. The Hall–Kier alpha value is -1.92. The molecule has 1 unspecified atom stereocenters. The molecular formula is C32H58N4O2. The fraction of sp³-hybridized carbons (Fsp3) is 0.750. The molecule has 218 valence electrons. The monoisotopic (exact) mass is 530 g/mol. The third-order valence-electron chi connectivity index (χ3n) is 7.91. The molecule has 0 bridgehead atoms. The maximum absolute atomic E-state index is 13.3. The number of carbonyl (C=O) groups excluding carboxylic acids is 2. The van der Waals surface area contributed by atoms with E-state index < -0.39 is 11.3 Å². The molecule has 1 fully saturated rings. The lowest BCUT2D eigenvalue weighted by molar-refractivity contribution is -0.143. The van der Waals surface area contributed by atoms with Crippen LogP contribution in [0.5, 0.6) is 0 Å². The average Bonchev–Trinajstić information content (AvgIpc) is 2.92.